The van der Waals surface area contributed by atoms with Crippen molar-refractivity contribution in [1.29, 1.82) is 0 Å². The maximum absolute atomic E-state index is 11.3. The number of rotatable bonds is 3. The standard InChI is InChI=1S/C12H19N3O2S/c1-8-4-15(5-9(2)18-8)6-11-3-10(7-17-11)12(16)14-13/h3,7-9H,4-6,13H2,1-2H3,(H,14,16). The number of hydrogen-bond donors (Lipinski definition) is 2. The SMILES string of the molecule is CC1CN(Cc2cc(C(=O)NN)co2)CC(C)S1. The van der Waals surface area contributed by atoms with E-state index in [2.05, 4.69) is 24.2 Å². The Morgan fingerprint density at radius 3 is 2.83 bits per heavy atom. The van der Waals surface area contributed by atoms with Crippen LogP contribution in [0.15, 0.2) is 16.7 Å². The van der Waals surface area contributed by atoms with E-state index in [0.29, 0.717) is 16.1 Å². The molecule has 100 valence electrons. The molecule has 0 radical (unpaired) electrons. The number of nitrogens with zero attached hydrogens (tertiary/aromatic N) is 1. The van der Waals surface area contributed by atoms with Crippen LogP contribution in [0.3, 0.4) is 0 Å². The number of nitrogen functional groups attached to an aromatic ring is 1. The minimum Gasteiger partial charge on any atom is -0.467 e. The van der Waals surface area contributed by atoms with Crippen molar-refractivity contribution in [2.45, 2.75) is 30.9 Å². The van der Waals surface area contributed by atoms with Gasteiger partial charge in [-0.25, -0.2) is 5.84 Å². The van der Waals surface area contributed by atoms with Crippen molar-refractivity contribution in [2.24, 2.45) is 5.84 Å². The molecule has 1 aliphatic heterocycles. The molecule has 3 N–H and O–H groups in total. The van der Waals surface area contributed by atoms with Gasteiger partial charge in [0.25, 0.3) is 5.91 Å². The Morgan fingerprint density at radius 2 is 2.22 bits per heavy atom. The summed E-state index contributed by atoms with van der Waals surface area (Å²) in [5, 5.41) is 1.27. The molecule has 0 bridgehead atoms. The van der Waals surface area contributed by atoms with Gasteiger partial charge in [0.1, 0.15) is 12.0 Å². The fourth-order valence-electron chi connectivity index (χ4n) is 2.30. The van der Waals surface area contributed by atoms with E-state index in [1.807, 2.05) is 11.8 Å². The molecule has 1 saturated heterocycles. The fraction of sp³-hybridized carbons (Fsp3) is 0.583. The highest BCUT2D eigenvalue weighted by Crippen LogP contribution is 2.25. The third-order valence-electron chi connectivity index (χ3n) is 2.92. The molecule has 0 aliphatic carbocycles. The molecule has 0 spiro atoms. The van der Waals surface area contributed by atoms with E-state index in [0.717, 1.165) is 25.4 Å². The number of nitrogens with two attached hydrogens (primary N) is 1. The van der Waals surface area contributed by atoms with Crippen LogP contribution in [0, 0.1) is 0 Å². The third kappa shape index (κ3) is 3.28. The summed E-state index contributed by atoms with van der Waals surface area (Å²) in [4.78, 5) is 13.7. The molecule has 18 heavy (non-hydrogen) atoms. The molecule has 2 heterocycles. The summed E-state index contributed by atoms with van der Waals surface area (Å²) >= 11 is 2.02. The normalized spacial score (nSPS) is 25.1. The number of carbonyl (C=O) groups is 1. The van der Waals surface area contributed by atoms with Crippen LogP contribution in [0.5, 0.6) is 0 Å². The quantitative estimate of drug-likeness (QED) is 0.490. The minimum atomic E-state index is -0.319. The predicted molar refractivity (Wildman–Crippen MR) is 72.2 cm³/mol. The van der Waals surface area contributed by atoms with Crippen molar-refractivity contribution < 1.29 is 9.21 Å². The largest absolute Gasteiger partial charge is 0.467 e. The fourth-order valence-corrected chi connectivity index (χ4v) is 3.69. The van der Waals surface area contributed by atoms with E-state index in [1.165, 1.54) is 6.26 Å². The second-order valence-corrected chi connectivity index (χ2v) is 6.61. The Bertz CT molecular complexity index is 411. The van der Waals surface area contributed by atoms with E-state index in [9.17, 15) is 4.79 Å². The Morgan fingerprint density at radius 1 is 1.56 bits per heavy atom. The second kappa shape index (κ2) is 5.77. The van der Waals surface area contributed by atoms with Crippen molar-refractivity contribution in [2.75, 3.05) is 13.1 Å². The zero-order valence-electron chi connectivity index (χ0n) is 10.7. The predicted octanol–water partition coefficient (Wildman–Crippen LogP) is 1.21. The number of hydrazine groups is 1. The number of carbonyl (C=O) groups excluding carboxylic acids is 1. The van der Waals surface area contributed by atoms with Gasteiger partial charge in [0, 0.05) is 23.6 Å². The summed E-state index contributed by atoms with van der Waals surface area (Å²) in [6.07, 6.45) is 1.45. The molecule has 0 saturated carbocycles. The first-order valence-electron chi connectivity index (χ1n) is 6.04. The minimum absolute atomic E-state index is 0.319. The zero-order valence-corrected chi connectivity index (χ0v) is 11.5. The summed E-state index contributed by atoms with van der Waals surface area (Å²) in [5.41, 5.74) is 2.57. The molecule has 1 fully saturated rings. The van der Waals surface area contributed by atoms with Crippen LogP contribution in [0.1, 0.15) is 30.0 Å². The highest BCUT2D eigenvalue weighted by molar-refractivity contribution is 8.00. The molecule has 2 unspecified atom stereocenters. The molecular formula is C12H19N3O2S. The van der Waals surface area contributed by atoms with Crippen LogP contribution in [0.4, 0.5) is 0 Å². The Balaban J connectivity index is 1.96. The zero-order chi connectivity index (χ0) is 13.1. The monoisotopic (exact) mass is 269 g/mol. The first-order chi connectivity index (χ1) is 8.58. The number of furan rings is 1. The highest BCUT2D eigenvalue weighted by atomic mass is 32.2. The maximum atomic E-state index is 11.3. The van der Waals surface area contributed by atoms with Crippen molar-refractivity contribution in [3.63, 3.8) is 0 Å². The Labute approximate surface area is 111 Å². The van der Waals surface area contributed by atoms with Crippen molar-refractivity contribution in [3.05, 3.63) is 23.7 Å². The molecule has 1 aromatic rings. The Kier molecular flexibility index (Phi) is 4.31. The lowest BCUT2D eigenvalue weighted by Gasteiger charge is -2.33. The molecule has 1 aromatic heterocycles. The number of hydrogen-bond acceptors (Lipinski definition) is 5. The van der Waals surface area contributed by atoms with E-state index in [4.69, 9.17) is 10.3 Å². The van der Waals surface area contributed by atoms with Gasteiger partial charge in [0.2, 0.25) is 0 Å². The molecule has 6 heteroatoms. The van der Waals surface area contributed by atoms with Gasteiger partial charge in [-0.05, 0) is 6.07 Å². The van der Waals surface area contributed by atoms with Gasteiger partial charge in [-0.1, -0.05) is 13.8 Å². The summed E-state index contributed by atoms with van der Waals surface area (Å²) < 4.78 is 5.40. The smallest absolute Gasteiger partial charge is 0.268 e. The highest BCUT2D eigenvalue weighted by Gasteiger charge is 2.23. The van der Waals surface area contributed by atoms with Crippen molar-refractivity contribution in [1.82, 2.24) is 10.3 Å². The van der Waals surface area contributed by atoms with Crippen LogP contribution >= 0.6 is 11.8 Å². The Hall–Kier alpha value is -0.980. The van der Waals surface area contributed by atoms with Crippen LogP contribution in [0.2, 0.25) is 0 Å². The summed E-state index contributed by atoms with van der Waals surface area (Å²) in [5.74, 6) is 5.57. The van der Waals surface area contributed by atoms with Gasteiger partial charge >= 0.3 is 0 Å². The summed E-state index contributed by atoms with van der Waals surface area (Å²) in [7, 11) is 0. The van der Waals surface area contributed by atoms with Gasteiger partial charge < -0.3 is 4.42 Å². The molecule has 2 rings (SSSR count). The van der Waals surface area contributed by atoms with Gasteiger partial charge in [0.15, 0.2) is 0 Å². The van der Waals surface area contributed by atoms with Gasteiger partial charge in [0.05, 0.1) is 12.1 Å². The molecule has 0 aromatic carbocycles. The topological polar surface area (TPSA) is 71.5 Å². The molecular weight excluding hydrogens is 250 g/mol. The van der Waals surface area contributed by atoms with Crippen LogP contribution in [-0.4, -0.2) is 34.4 Å². The van der Waals surface area contributed by atoms with Gasteiger partial charge in [-0.3, -0.25) is 15.1 Å². The summed E-state index contributed by atoms with van der Waals surface area (Å²) in [6, 6.07) is 1.75. The van der Waals surface area contributed by atoms with Gasteiger partial charge in [-0.2, -0.15) is 11.8 Å². The average molecular weight is 269 g/mol. The third-order valence-corrected chi connectivity index (χ3v) is 4.15. The average Bonchev–Trinajstić information content (AvgIpc) is 2.75. The molecule has 5 nitrogen and oxygen atoms in total. The number of nitrogens with one attached hydrogen (secondary N) is 1. The maximum Gasteiger partial charge on any atom is 0.268 e. The summed E-state index contributed by atoms with van der Waals surface area (Å²) in [6.45, 7) is 7.32. The lowest BCUT2D eigenvalue weighted by Crippen LogP contribution is -2.39. The molecule has 2 atom stereocenters. The van der Waals surface area contributed by atoms with Gasteiger partial charge in [-0.15, -0.1) is 0 Å². The van der Waals surface area contributed by atoms with E-state index in [1.54, 1.807) is 6.07 Å². The van der Waals surface area contributed by atoms with Crippen LogP contribution in [0.25, 0.3) is 0 Å². The number of amides is 1. The van der Waals surface area contributed by atoms with Crippen molar-refractivity contribution in [3.8, 4) is 0 Å². The van der Waals surface area contributed by atoms with E-state index in [-0.39, 0.29) is 5.91 Å². The molecule has 1 aliphatic rings. The van der Waals surface area contributed by atoms with Crippen LogP contribution in [-0.2, 0) is 6.54 Å². The van der Waals surface area contributed by atoms with Crippen LogP contribution < -0.4 is 11.3 Å². The van der Waals surface area contributed by atoms with Crippen molar-refractivity contribution >= 4 is 17.7 Å². The number of thioether (sulfide) groups is 1. The first-order valence-corrected chi connectivity index (χ1v) is 6.99. The second-order valence-electron chi connectivity index (χ2n) is 4.73. The lowest BCUT2D eigenvalue weighted by molar-refractivity contribution is 0.0953. The van der Waals surface area contributed by atoms with E-state index >= 15 is 0 Å². The molecule has 1 amide bonds. The first kappa shape index (κ1) is 13.5. The van der Waals surface area contributed by atoms with E-state index < -0.39 is 0 Å². The lowest BCUT2D eigenvalue weighted by atomic mass is 10.2.